The van der Waals surface area contributed by atoms with Gasteiger partial charge in [-0.25, -0.2) is 0 Å². The second-order valence-corrected chi connectivity index (χ2v) is 17.5. The van der Waals surface area contributed by atoms with Crippen molar-refractivity contribution in [1.29, 1.82) is 0 Å². The minimum atomic E-state index is -2.36. The molecule has 1 N–H and O–H groups in total. The first-order valence-corrected chi connectivity index (χ1v) is 18.1. The highest BCUT2D eigenvalue weighted by Crippen LogP contribution is 2.41. The molecule has 0 amide bonds. The molecule has 4 rings (SSSR count). The van der Waals surface area contributed by atoms with Crippen LogP contribution in [0.4, 0.5) is 0 Å². The molecule has 232 valence electrons. The largest absolute Gasteiger partial charge is 0.408 e. The van der Waals surface area contributed by atoms with Crippen molar-refractivity contribution in [3.63, 3.8) is 0 Å². The first kappa shape index (κ1) is 33.3. The summed E-state index contributed by atoms with van der Waals surface area (Å²) in [6.07, 6.45) is -2.60. The molecule has 1 aliphatic carbocycles. The molecule has 1 fully saturated rings. The molecule has 6 atom stereocenters. The van der Waals surface area contributed by atoms with Crippen LogP contribution in [0.25, 0.3) is 0 Å². The topological polar surface area (TPSA) is 66.4 Å². The molecule has 1 saturated carbocycles. The van der Waals surface area contributed by atoms with Crippen molar-refractivity contribution in [2.75, 3.05) is 6.61 Å². The van der Waals surface area contributed by atoms with Crippen LogP contribution in [0.15, 0.2) is 104 Å². The van der Waals surface area contributed by atoms with Gasteiger partial charge in [0.2, 0.25) is 0 Å². The van der Waals surface area contributed by atoms with E-state index in [1.54, 1.807) is 6.08 Å². The van der Waals surface area contributed by atoms with Crippen molar-refractivity contribution in [3.8, 4) is 0 Å². The summed E-state index contributed by atoms with van der Waals surface area (Å²) < 4.78 is 33.3. The highest BCUT2D eigenvalue weighted by molar-refractivity contribution is 6.74. The van der Waals surface area contributed by atoms with Gasteiger partial charge in [0.1, 0.15) is 36.6 Å². The van der Waals surface area contributed by atoms with Gasteiger partial charge in [-0.2, -0.15) is 0 Å². The van der Waals surface area contributed by atoms with Crippen molar-refractivity contribution in [3.05, 3.63) is 120 Å². The Kier molecular flexibility index (Phi) is 11.9. The maximum atomic E-state index is 12.1. The average Bonchev–Trinajstić information content (AvgIpc) is 3.00. The quantitative estimate of drug-likeness (QED) is 0.157. The zero-order valence-electron chi connectivity index (χ0n) is 26.2. The maximum absolute atomic E-state index is 12.1. The van der Waals surface area contributed by atoms with Crippen molar-refractivity contribution in [2.45, 2.75) is 95.3 Å². The summed E-state index contributed by atoms with van der Waals surface area (Å²) in [4.78, 5) is 0. The van der Waals surface area contributed by atoms with E-state index in [1.165, 1.54) is 0 Å². The number of hydrogen-bond donors (Lipinski definition) is 1. The highest BCUT2D eigenvalue weighted by atomic mass is 28.4. The molecule has 1 aliphatic rings. The molecule has 0 spiro atoms. The van der Waals surface area contributed by atoms with Crippen molar-refractivity contribution in [2.24, 2.45) is 0 Å². The third kappa shape index (κ3) is 8.96. The molecule has 43 heavy (non-hydrogen) atoms. The lowest BCUT2D eigenvalue weighted by atomic mass is 9.84. The van der Waals surface area contributed by atoms with Crippen LogP contribution in [-0.2, 0) is 43.2 Å². The fraction of sp³-hybridized carbons (Fsp3) is 0.444. The van der Waals surface area contributed by atoms with Gasteiger partial charge in [0.15, 0.2) is 8.32 Å². The summed E-state index contributed by atoms with van der Waals surface area (Å²) >= 11 is 0. The predicted molar refractivity (Wildman–Crippen MR) is 173 cm³/mol. The molecule has 7 heteroatoms. The van der Waals surface area contributed by atoms with Crippen LogP contribution >= 0.6 is 0 Å². The lowest BCUT2D eigenvalue weighted by Gasteiger charge is -2.51. The van der Waals surface area contributed by atoms with E-state index in [2.05, 4.69) is 40.4 Å². The summed E-state index contributed by atoms with van der Waals surface area (Å²) in [6, 6.07) is 30.0. The fourth-order valence-corrected chi connectivity index (χ4v) is 6.34. The summed E-state index contributed by atoms with van der Waals surface area (Å²) in [5.41, 5.74) is 3.05. The molecule has 0 unspecified atom stereocenters. The number of benzene rings is 3. The minimum Gasteiger partial charge on any atom is -0.408 e. The molecule has 3 aromatic carbocycles. The van der Waals surface area contributed by atoms with Gasteiger partial charge in [0.05, 0.1) is 26.4 Å². The van der Waals surface area contributed by atoms with E-state index in [4.69, 9.17) is 23.4 Å². The van der Waals surface area contributed by atoms with E-state index in [1.807, 2.05) is 91.0 Å². The maximum Gasteiger partial charge on any atom is 0.192 e. The zero-order chi connectivity index (χ0) is 30.9. The summed E-state index contributed by atoms with van der Waals surface area (Å²) in [5.74, 6) is 0. The molecule has 0 radical (unpaired) electrons. The Morgan fingerprint density at radius 2 is 1.00 bits per heavy atom. The number of ether oxygens (including phenoxy) is 4. The van der Waals surface area contributed by atoms with E-state index in [-0.39, 0.29) is 11.6 Å². The molecule has 3 aromatic rings. The van der Waals surface area contributed by atoms with E-state index in [9.17, 15) is 5.11 Å². The molecule has 0 aromatic heterocycles. The third-order valence-corrected chi connectivity index (χ3v) is 12.9. The molecule has 6 nitrogen and oxygen atoms in total. The summed E-state index contributed by atoms with van der Waals surface area (Å²) in [7, 11) is -2.36. The molecular formula is C36H48O6Si. The Hall–Kier alpha value is -2.62. The predicted octanol–water partition coefficient (Wildman–Crippen LogP) is 7.08. The van der Waals surface area contributed by atoms with Crippen LogP contribution in [0, 0.1) is 0 Å². The summed E-state index contributed by atoms with van der Waals surface area (Å²) in [5, 5.41) is 12.0. The Bertz CT molecular complexity index is 1230. The van der Waals surface area contributed by atoms with Crippen LogP contribution < -0.4 is 0 Å². The van der Waals surface area contributed by atoms with Crippen LogP contribution in [-0.4, -0.2) is 56.7 Å². The average molecular weight is 605 g/mol. The van der Waals surface area contributed by atoms with Crippen molar-refractivity contribution < 1.29 is 28.5 Å². The Labute approximate surface area is 258 Å². The highest BCUT2D eigenvalue weighted by Gasteiger charge is 2.56. The normalized spacial score (nSPS) is 24.5. The number of rotatable bonds is 14. The molecular weight excluding hydrogens is 556 g/mol. The SMILES string of the molecule is C=CCO[C@H]1[C@@H](OCc2ccccc2)[C@@H](OCc2ccccc2)[C@@H](OCc2ccccc2)[C@H](O)[C@@H]1O[Si](C)(C)C(C)(C)C. The van der Waals surface area contributed by atoms with Crippen LogP contribution in [0.1, 0.15) is 37.5 Å². The molecule has 0 bridgehead atoms. The molecule has 0 saturated heterocycles. The smallest absolute Gasteiger partial charge is 0.192 e. The van der Waals surface area contributed by atoms with E-state index in [0.717, 1.165) is 16.7 Å². The standard InChI is InChI=1S/C36H48O6Si/c1-7-23-38-34-32(42-43(5,6)36(2,3)4)30(37)31(39-24-27-17-11-8-12-18-27)33(40-25-28-19-13-9-14-20-28)35(34)41-26-29-21-15-10-16-22-29/h7-22,30-35,37H,1,23-26H2,2-6H3/t30-,31-,32-,33-,34+,35-/m0/s1. The van der Waals surface area contributed by atoms with Crippen molar-refractivity contribution in [1.82, 2.24) is 0 Å². The van der Waals surface area contributed by atoms with Crippen LogP contribution in [0.3, 0.4) is 0 Å². The van der Waals surface area contributed by atoms with Gasteiger partial charge in [-0.1, -0.05) is 118 Å². The Morgan fingerprint density at radius 3 is 1.40 bits per heavy atom. The monoisotopic (exact) mass is 604 g/mol. The van der Waals surface area contributed by atoms with Crippen LogP contribution in [0.2, 0.25) is 18.1 Å². The van der Waals surface area contributed by atoms with E-state index in [0.29, 0.717) is 19.8 Å². The third-order valence-electron chi connectivity index (χ3n) is 8.47. The first-order valence-electron chi connectivity index (χ1n) is 15.2. The Balaban J connectivity index is 1.73. The van der Waals surface area contributed by atoms with Gasteiger partial charge in [-0.15, -0.1) is 6.58 Å². The number of aliphatic hydroxyl groups excluding tert-OH is 1. The molecule has 0 heterocycles. The Morgan fingerprint density at radius 1 is 0.628 bits per heavy atom. The second-order valence-electron chi connectivity index (χ2n) is 12.7. The first-order chi connectivity index (χ1) is 20.6. The van der Waals surface area contributed by atoms with Gasteiger partial charge in [0.25, 0.3) is 0 Å². The second kappa shape index (κ2) is 15.4. The van der Waals surface area contributed by atoms with E-state index >= 15 is 0 Å². The fourth-order valence-electron chi connectivity index (χ4n) is 5.03. The van der Waals surface area contributed by atoms with Gasteiger partial charge in [-0.05, 0) is 34.8 Å². The van der Waals surface area contributed by atoms with Gasteiger partial charge in [-0.3, -0.25) is 0 Å². The molecule has 0 aliphatic heterocycles. The van der Waals surface area contributed by atoms with Crippen LogP contribution in [0.5, 0.6) is 0 Å². The van der Waals surface area contributed by atoms with Gasteiger partial charge in [0, 0.05) is 0 Å². The van der Waals surface area contributed by atoms with Crippen molar-refractivity contribution >= 4 is 8.32 Å². The number of aliphatic hydroxyl groups is 1. The lowest BCUT2D eigenvalue weighted by molar-refractivity contribution is -0.267. The lowest BCUT2D eigenvalue weighted by Crippen LogP contribution is -2.68. The van der Waals surface area contributed by atoms with Gasteiger partial charge >= 0.3 is 0 Å². The van der Waals surface area contributed by atoms with E-state index < -0.39 is 44.9 Å². The summed E-state index contributed by atoms with van der Waals surface area (Å²) in [6.45, 7) is 16.1. The number of hydrogen-bond acceptors (Lipinski definition) is 6. The minimum absolute atomic E-state index is 0.0862. The zero-order valence-corrected chi connectivity index (χ0v) is 27.2. The van der Waals surface area contributed by atoms with Gasteiger partial charge < -0.3 is 28.5 Å².